The van der Waals surface area contributed by atoms with E-state index in [-0.39, 0.29) is 16.8 Å². The van der Waals surface area contributed by atoms with Crippen LogP contribution in [0.15, 0.2) is 30.5 Å². The molecule has 0 amide bonds. The Bertz CT molecular complexity index is 713. The van der Waals surface area contributed by atoms with E-state index in [4.69, 9.17) is 16.9 Å². The molecule has 1 aromatic heterocycles. The molecule has 0 bridgehead atoms. The van der Waals surface area contributed by atoms with E-state index in [1.165, 1.54) is 4.90 Å². The van der Waals surface area contributed by atoms with Gasteiger partial charge < -0.3 is 4.90 Å². The van der Waals surface area contributed by atoms with Crippen molar-refractivity contribution in [3.63, 3.8) is 0 Å². The maximum absolute atomic E-state index is 11.0. The molecule has 0 saturated heterocycles. The molecule has 0 fully saturated rings. The zero-order valence-electron chi connectivity index (χ0n) is 10.3. The zero-order valence-corrected chi connectivity index (χ0v) is 11.1. The van der Waals surface area contributed by atoms with Gasteiger partial charge in [-0.2, -0.15) is 10.2 Å². The topological polar surface area (TPSA) is 96.0 Å². The Hall–Kier alpha value is -2.72. The van der Waals surface area contributed by atoms with Crippen molar-refractivity contribution in [2.24, 2.45) is 0 Å². The summed E-state index contributed by atoms with van der Waals surface area (Å²) >= 11 is 5.69. The van der Waals surface area contributed by atoms with Crippen LogP contribution in [0, 0.1) is 21.4 Å². The standard InChI is InChI=1S/C12H8ClN5O2/c1-17(9-4-2-3-8(5-9)6-14)11-10(18(19)20)7-15-12(13)16-11/h2-5,7H,1H3. The number of nitriles is 1. The van der Waals surface area contributed by atoms with Gasteiger partial charge in [0.15, 0.2) is 0 Å². The summed E-state index contributed by atoms with van der Waals surface area (Å²) in [7, 11) is 1.60. The molecule has 1 aromatic carbocycles. The summed E-state index contributed by atoms with van der Waals surface area (Å²) in [5.41, 5.74) is 0.762. The number of benzene rings is 1. The number of nitrogens with zero attached hydrogens (tertiary/aromatic N) is 5. The highest BCUT2D eigenvalue weighted by molar-refractivity contribution is 6.28. The summed E-state index contributed by atoms with van der Waals surface area (Å²) in [5, 5.41) is 19.8. The molecule has 0 aliphatic rings. The van der Waals surface area contributed by atoms with E-state index in [9.17, 15) is 10.1 Å². The van der Waals surface area contributed by atoms with Gasteiger partial charge in [-0.3, -0.25) is 10.1 Å². The third-order valence-electron chi connectivity index (χ3n) is 2.60. The lowest BCUT2D eigenvalue weighted by Gasteiger charge is -2.18. The van der Waals surface area contributed by atoms with Gasteiger partial charge in [-0.05, 0) is 29.8 Å². The van der Waals surface area contributed by atoms with Crippen LogP contribution in [-0.2, 0) is 0 Å². The number of nitro groups is 1. The van der Waals surface area contributed by atoms with Gasteiger partial charge in [0.1, 0.15) is 6.20 Å². The minimum absolute atomic E-state index is 0.0603. The van der Waals surface area contributed by atoms with Gasteiger partial charge in [-0.15, -0.1) is 0 Å². The molecular weight excluding hydrogens is 282 g/mol. The first kappa shape index (κ1) is 13.7. The molecule has 0 saturated carbocycles. The fourth-order valence-corrected chi connectivity index (χ4v) is 1.76. The summed E-state index contributed by atoms with van der Waals surface area (Å²) in [5.74, 6) is 0.0603. The average molecular weight is 290 g/mol. The molecule has 0 radical (unpaired) electrons. The molecule has 0 aliphatic carbocycles. The zero-order chi connectivity index (χ0) is 14.7. The Kier molecular flexibility index (Phi) is 3.77. The lowest BCUT2D eigenvalue weighted by molar-refractivity contribution is -0.384. The smallest absolute Gasteiger partial charge is 0.324 e. The molecule has 0 atom stereocenters. The predicted octanol–water partition coefficient (Wildman–Crippen LogP) is 2.68. The summed E-state index contributed by atoms with van der Waals surface area (Å²) in [6.07, 6.45) is 1.05. The maximum Gasteiger partial charge on any atom is 0.330 e. The average Bonchev–Trinajstić information content (AvgIpc) is 2.46. The molecular formula is C12H8ClN5O2. The van der Waals surface area contributed by atoms with E-state index in [2.05, 4.69) is 9.97 Å². The van der Waals surface area contributed by atoms with Crippen molar-refractivity contribution in [1.82, 2.24) is 9.97 Å². The molecule has 2 aromatic rings. The first-order valence-electron chi connectivity index (χ1n) is 5.43. The van der Waals surface area contributed by atoms with E-state index in [0.29, 0.717) is 11.3 Å². The number of hydrogen-bond acceptors (Lipinski definition) is 6. The van der Waals surface area contributed by atoms with Crippen LogP contribution in [0.25, 0.3) is 0 Å². The second kappa shape index (κ2) is 5.50. The van der Waals surface area contributed by atoms with Crippen molar-refractivity contribution in [2.75, 3.05) is 11.9 Å². The first-order chi connectivity index (χ1) is 9.52. The van der Waals surface area contributed by atoms with Gasteiger partial charge >= 0.3 is 5.69 Å². The van der Waals surface area contributed by atoms with Gasteiger partial charge in [-0.1, -0.05) is 6.07 Å². The van der Waals surface area contributed by atoms with Gasteiger partial charge in [0.05, 0.1) is 16.6 Å². The Labute approximate surface area is 119 Å². The third kappa shape index (κ3) is 2.65. The third-order valence-corrected chi connectivity index (χ3v) is 2.78. The van der Waals surface area contributed by atoms with Crippen LogP contribution in [0.1, 0.15) is 5.56 Å². The second-order valence-electron chi connectivity index (χ2n) is 3.83. The molecule has 1 heterocycles. The Balaban J connectivity index is 2.52. The Morgan fingerprint density at radius 2 is 2.25 bits per heavy atom. The summed E-state index contributed by atoms with van der Waals surface area (Å²) in [6, 6.07) is 8.63. The van der Waals surface area contributed by atoms with Crippen LogP contribution in [-0.4, -0.2) is 21.9 Å². The predicted molar refractivity (Wildman–Crippen MR) is 72.9 cm³/mol. The normalized spacial score (nSPS) is 9.85. The van der Waals surface area contributed by atoms with Crippen LogP contribution >= 0.6 is 11.6 Å². The number of hydrogen-bond donors (Lipinski definition) is 0. The van der Waals surface area contributed by atoms with Crippen LogP contribution in [0.2, 0.25) is 5.28 Å². The summed E-state index contributed by atoms with van der Waals surface area (Å²) in [4.78, 5) is 19.4. The number of anilines is 2. The van der Waals surface area contributed by atoms with Gasteiger partial charge in [0.2, 0.25) is 11.1 Å². The van der Waals surface area contributed by atoms with Crippen LogP contribution in [0.4, 0.5) is 17.2 Å². The highest BCUT2D eigenvalue weighted by atomic mass is 35.5. The second-order valence-corrected chi connectivity index (χ2v) is 4.16. The van der Waals surface area contributed by atoms with E-state index in [1.807, 2.05) is 6.07 Å². The summed E-state index contributed by atoms with van der Waals surface area (Å²) < 4.78 is 0. The van der Waals surface area contributed by atoms with E-state index in [1.54, 1.807) is 31.3 Å². The minimum Gasteiger partial charge on any atom is -0.324 e. The molecule has 0 N–H and O–H groups in total. The fourth-order valence-electron chi connectivity index (χ4n) is 1.63. The fraction of sp³-hybridized carbons (Fsp3) is 0.0833. The van der Waals surface area contributed by atoms with Gasteiger partial charge in [0, 0.05) is 12.7 Å². The van der Waals surface area contributed by atoms with Gasteiger partial charge in [0.25, 0.3) is 0 Å². The van der Waals surface area contributed by atoms with Crippen molar-refractivity contribution in [3.05, 3.63) is 51.4 Å². The molecule has 0 aliphatic heterocycles. The molecule has 20 heavy (non-hydrogen) atoms. The molecule has 2 rings (SSSR count). The monoisotopic (exact) mass is 289 g/mol. The minimum atomic E-state index is -0.587. The SMILES string of the molecule is CN(c1cccc(C#N)c1)c1nc(Cl)ncc1[N+](=O)[O-]. The van der Waals surface area contributed by atoms with Crippen LogP contribution < -0.4 is 4.90 Å². The Morgan fingerprint density at radius 3 is 2.90 bits per heavy atom. The largest absolute Gasteiger partial charge is 0.330 e. The highest BCUT2D eigenvalue weighted by Crippen LogP contribution is 2.30. The first-order valence-corrected chi connectivity index (χ1v) is 5.81. The van der Waals surface area contributed by atoms with E-state index in [0.717, 1.165) is 6.20 Å². The molecule has 7 nitrogen and oxygen atoms in total. The highest BCUT2D eigenvalue weighted by Gasteiger charge is 2.21. The van der Waals surface area contributed by atoms with Crippen molar-refractivity contribution >= 4 is 28.8 Å². The van der Waals surface area contributed by atoms with E-state index < -0.39 is 4.92 Å². The lowest BCUT2D eigenvalue weighted by Crippen LogP contribution is -2.14. The lowest BCUT2D eigenvalue weighted by atomic mass is 10.2. The quantitative estimate of drug-likeness (QED) is 0.489. The number of aromatic nitrogens is 2. The molecule has 0 unspecified atom stereocenters. The number of halogens is 1. The molecule has 0 spiro atoms. The molecule has 100 valence electrons. The van der Waals surface area contributed by atoms with Crippen LogP contribution in [0.5, 0.6) is 0 Å². The van der Waals surface area contributed by atoms with Gasteiger partial charge in [-0.25, -0.2) is 4.98 Å². The molecule has 8 heteroatoms. The van der Waals surface area contributed by atoms with E-state index >= 15 is 0 Å². The van der Waals surface area contributed by atoms with Crippen molar-refractivity contribution in [3.8, 4) is 6.07 Å². The Morgan fingerprint density at radius 1 is 1.50 bits per heavy atom. The van der Waals surface area contributed by atoms with Crippen molar-refractivity contribution < 1.29 is 4.92 Å². The number of rotatable bonds is 3. The van der Waals surface area contributed by atoms with Crippen LogP contribution in [0.3, 0.4) is 0 Å². The van der Waals surface area contributed by atoms with Crippen molar-refractivity contribution in [1.29, 1.82) is 5.26 Å². The van der Waals surface area contributed by atoms with Crippen molar-refractivity contribution in [2.45, 2.75) is 0 Å². The maximum atomic E-state index is 11.0. The summed E-state index contributed by atoms with van der Waals surface area (Å²) in [6.45, 7) is 0.